The summed E-state index contributed by atoms with van der Waals surface area (Å²) in [5.74, 6) is -0.820. The second-order valence-electron chi connectivity index (χ2n) is 5.89. The van der Waals surface area contributed by atoms with Gasteiger partial charge in [-0.25, -0.2) is 4.98 Å². The van der Waals surface area contributed by atoms with Crippen LogP contribution in [-0.4, -0.2) is 16.8 Å². The maximum atomic E-state index is 12.0. The van der Waals surface area contributed by atoms with Crippen LogP contribution in [0.1, 0.15) is 41.3 Å². The zero-order chi connectivity index (χ0) is 16.9. The molecule has 0 saturated heterocycles. The van der Waals surface area contributed by atoms with Crippen LogP contribution in [0.4, 0.5) is 5.13 Å². The number of anilines is 1. The lowest BCUT2D eigenvalue weighted by molar-refractivity contribution is -0.119. The Morgan fingerprint density at radius 3 is 2.88 bits per heavy atom. The molecule has 1 unspecified atom stereocenters. The number of nitrogens with one attached hydrogen (secondary N) is 1. The molecule has 0 spiro atoms. The normalized spacial score (nSPS) is 16.4. The van der Waals surface area contributed by atoms with E-state index in [1.807, 2.05) is 30.3 Å². The monoisotopic (exact) mass is 342 g/mol. The maximum Gasteiger partial charge on any atom is 0.230 e. The number of primary amides is 1. The maximum absolute atomic E-state index is 12.0. The minimum Gasteiger partial charge on any atom is -0.369 e. The molecule has 0 saturated carbocycles. The number of thiazole rings is 1. The molecular weight excluding hydrogens is 322 g/mol. The Labute approximate surface area is 145 Å². The van der Waals surface area contributed by atoms with Crippen molar-refractivity contribution in [1.82, 2.24) is 4.98 Å². The number of rotatable bonds is 6. The van der Waals surface area contributed by atoms with Crippen molar-refractivity contribution in [2.75, 3.05) is 5.32 Å². The average molecular weight is 342 g/mol. The van der Waals surface area contributed by atoms with Gasteiger partial charge in [0, 0.05) is 4.88 Å². The molecular formula is C18H20N3O2S. The summed E-state index contributed by atoms with van der Waals surface area (Å²) < 4.78 is 0. The van der Waals surface area contributed by atoms with Crippen molar-refractivity contribution < 1.29 is 9.59 Å². The van der Waals surface area contributed by atoms with Gasteiger partial charge in [0.05, 0.1) is 18.0 Å². The number of nitrogens with two attached hydrogens (primary N) is 1. The molecule has 1 radical (unpaired) electrons. The molecule has 1 aliphatic rings. The first kappa shape index (κ1) is 16.6. The van der Waals surface area contributed by atoms with Gasteiger partial charge in [0.15, 0.2) is 5.13 Å². The average Bonchev–Trinajstić information content (AvgIpc) is 2.97. The molecule has 3 N–H and O–H groups in total. The van der Waals surface area contributed by atoms with Gasteiger partial charge in [0.25, 0.3) is 0 Å². The van der Waals surface area contributed by atoms with E-state index in [0.717, 1.165) is 36.3 Å². The third-order valence-corrected chi connectivity index (χ3v) is 5.18. The van der Waals surface area contributed by atoms with Gasteiger partial charge in [-0.05, 0) is 37.7 Å². The topological polar surface area (TPSA) is 85.1 Å². The van der Waals surface area contributed by atoms with Gasteiger partial charge in [-0.2, -0.15) is 0 Å². The highest BCUT2D eigenvalue weighted by atomic mass is 32.1. The van der Waals surface area contributed by atoms with E-state index in [4.69, 9.17) is 5.73 Å². The molecule has 1 aromatic carbocycles. The molecule has 0 fully saturated rings. The lowest BCUT2D eigenvalue weighted by Crippen LogP contribution is -2.24. The summed E-state index contributed by atoms with van der Waals surface area (Å²) >= 11 is 1.44. The van der Waals surface area contributed by atoms with Crippen LogP contribution >= 0.6 is 11.3 Å². The number of carbonyl (C=O) groups is 2. The van der Waals surface area contributed by atoms with Crippen molar-refractivity contribution in [1.29, 1.82) is 0 Å². The summed E-state index contributed by atoms with van der Waals surface area (Å²) in [5.41, 5.74) is 7.40. The number of benzene rings is 1. The fourth-order valence-corrected chi connectivity index (χ4v) is 3.99. The van der Waals surface area contributed by atoms with Gasteiger partial charge in [0.1, 0.15) is 0 Å². The van der Waals surface area contributed by atoms with Crippen molar-refractivity contribution in [3.63, 3.8) is 0 Å². The van der Waals surface area contributed by atoms with E-state index in [0.29, 0.717) is 11.6 Å². The minimum absolute atomic E-state index is 0.160. The van der Waals surface area contributed by atoms with Crippen LogP contribution in [-0.2, 0) is 22.4 Å². The first-order chi connectivity index (χ1) is 11.6. The highest BCUT2D eigenvalue weighted by molar-refractivity contribution is 7.15. The Bertz CT molecular complexity index is 727. The van der Waals surface area contributed by atoms with E-state index >= 15 is 0 Å². The summed E-state index contributed by atoms with van der Waals surface area (Å²) in [6.07, 6.45) is 5.70. The molecule has 24 heavy (non-hydrogen) atoms. The van der Waals surface area contributed by atoms with Gasteiger partial charge in [-0.15, -0.1) is 11.3 Å². The minimum atomic E-state index is -0.339. The van der Waals surface area contributed by atoms with Crippen molar-refractivity contribution in [2.45, 2.75) is 38.0 Å². The highest BCUT2D eigenvalue weighted by Crippen LogP contribution is 2.36. The summed E-state index contributed by atoms with van der Waals surface area (Å²) in [5, 5.41) is 3.36. The second kappa shape index (κ2) is 7.57. The second-order valence-corrected chi connectivity index (χ2v) is 6.98. The summed E-state index contributed by atoms with van der Waals surface area (Å²) in [6, 6.07) is 10.0. The third-order valence-electron chi connectivity index (χ3n) is 4.13. The number of amides is 2. The van der Waals surface area contributed by atoms with Crippen molar-refractivity contribution in [3.8, 4) is 0 Å². The largest absolute Gasteiger partial charge is 0.369 e. The van der Waals surface area contributed by atoms with Gasteiger partial charge in [-0.1, -0.05) is 30.3 Å². The molecule has 6 heteroatoms. The highest BCUT2D eigenvalue weighted by Gasteiger charge is 2.28. The lowest BCUT2D eigenvalue weighted by atomic mass is 9.91. The fraction of sp³-hybridized carbons (Fsp3) is 0.333. The lowest BCUT2D eigenvalue weighted by Gasteiger charge is -2.17. The molecule has 0 aliphatic heterocycles. The number of aryl methyl sites for hydroxylation is 2. The third kappa shape index (κ3) is 4.00. The quantitative estimate of drug-likeness (QED) is 0.846. The molecule has 5 nitrogen and oxygen atoms in total. The molecule has 2 amide bonds. The van der Waals surface area contributed by atoms with Crippen LogP contribution in [0.15, 0.2) is 30.3 Å². The van der Waals surface area contributed by atoms with E-state index < -0.39 is 0 Å². The molecule has 1 aromatic heterocycles. The summed E-state index contributed by atoms with van der Waals surface area (Å²) in [6.45, 7) is 0. The summed E-state index contributed by atoms with van der Waals surface area (Å²) in [7, 11) is 0. The Kier molecular flexibility index (Phi) is 5.25. The number of hydrogen-bond acceptors (Lipinski definition) is 4. The fourth-order valence-electron chi connectivity index (χ4n) is 2.92. The van der Waals surface area contributed by atoms with Gasteiger partial charge in [0.2, 0.25) is 11.8 Å². The van der Waals surface area contributed by atoms with Crippen molar-refractivity contribution in [2.24, 2.45) is 5.73 Å². The number of carbonyl (C=O) groups excluding carboxylic acids is 2. The number of fused-ring (bicyclic) bond motifs is 1. The van der Waals surface area contributed by atoms with Crippen LogP contribution < -0.4 is 11.1 Å². The van der Waals surface area contributed by atoms with E-state index in [2.05, 4.69) is 10.3 Å². The molecule has 0 bridgehead atoms. The Balaban J connectivity index is 1.54. The first-order valence-electron chi connectivity index (χ1n) is 8.10. The zero-order valence-electron chi connectivity index (χ0n) is 13.3. The van der Waals surface area contributed by atoms with E-state index in [-0.39, 0.29) is 17.7 Å². The van der Waals surface area contributed by atoms with Crippen molar-refractivity contribution >= 4 is 28.3 Å². The SMILES string of the molecule is NC(=O)C1CCCc2sc(NC(=O)[CH]CCc3ccccc3)nc21. The standard InChI is InChI=1S/C18H20N3O2S/c19-17(23)13-9-5-10-14-16(13)21-18(24-14)20-15(22)11-4-8-12-6-2-1-3-7-12/h1-3,6-7,11,13H,4-5,8-10H2,(H2,19,23)(H,20,21,22). The summed E-state index contributed by atoms with van der Waals surface area (Å²) in [4.78, 5) is 29.0. The predicted octanol–water partition coefficient (Wildman–Crippen LogP) is 2.82. The van der Waals surface area contributed by atoms with Gasteiger partial charge >= 0.3 is 0 Å². The predicted molar refractivity (Wildman–Crippen MR) is 94.7 cm³/mol. The van der Waals surface area contributed by atoms with Gasteiger partial charge in [-0.3, -0.25) is 9.59 Å². The zero-order valence-corrected chi connectivity index (χ0v) is 14.1. The molecule has 2 aromatic rings. The van der Waals surface area contributed by atoms with Crippen LogP contribution in [0.3, 0.4) is 0 Å². The number of nitrogens with zero attached hydrogens (tertiary/aromatic N) is 1. The Morgan fingerprint density at radius 1 is 1.33 bits per heavy atom. The van der Waals surface area contributed by atoms with Crippen LogP contribution in [0, 0.1) is 6.42 Å². The Hall–Kier alpha value is -2.21. The smallest absolute Gasteiger partial charge is 0.230 e. The van der Waals surface area contributed by atoms with Gasteiger partial charge < -0.3 is 11.1 Å². The van der Waals surface area contributed by atoms with Crippen LogP contribution in [0.25, 0.3) is 0 Å². The first-order valence-corrected chi connectivity index (χ1v) is 8.92. The Morgan fingerprint density at radius 2 is 2.12 bits per heavy atom. The van der Waals surface area contributed by atoms with E-state index in [9.17, 15) is 9.59 Å². The number of hydrogen-bond donors (Lipinski definition) is 2. The van der Waals surface area contributed by atoms with Crippen LogP contribution in [0.5, 0.6) is 0 Å². The molecule has 1 heterocycles. The number of aromatic nitrogens is 1. The van der Waals surface area contributed by atoms with Crippen molar-refractivity contribution in [3.05, 3.63) is 52.9 Å². The van der Waals surface area contributed by atoms with E-state index in [1.165, 1.54) is 16.9 Å². The molecule has 1 atom stereocenters. The molecule has 125 valence electrons. The molecule has 3 rings (SSSR count). The molecule has 1 aliphatic carbocycles. The van der Waals surface area contributed by atoms with Crippen LogP contribution in [0.2, 0.25) is 0 Å². The van der Waals surface area contributed by atoms with E-state index in [1.54, 1.807) is 6.42 Å².